The fourth-order valence-electron chi connectivity index (χ4n) is 4.82. The van der Waals surface area contributed by atoms with Crippen molar-refractivity contribution >= 4 is 21.1 Å². The smallest absolute Gasteiger partial charge is 0.408 e. The van der Waals surface area contributed by atoms with Gasteiger partial charge in [-0.25, -0.2) is 13.2 Å². The number of benzene rings is 1. The number of sulfonamides is 1. The predicted octanol–water partition coefficient (Wildman–Crippen LogP) is 2.50. The molecule has 3 aromatic rings. The van der Waals surface area contributed by atoms with Crippen LogP contribution in [0.15, 0.2) is 32.3 Å². The summed E-state index contributed by atoms with van der Waals surface area (Å²) in [5.41, 5.74) is 0.909. The summed E-state index contributed by atoms with van der Waals surface area (Å²) < 4.78 is 37.0. The van der Waals surface area contributed by atoms with Crippen LogP contribution in [0.5, 0.6) is 0 Å². The van der Waals surface area contributed by atoms with Crippen molar-refractivity contribution in [3.63, 3.8) is 0 Å². The Morgan fingerprint density at radius 2 is 1.90 bits per heavy atom. The van der Waals surface area contributed by atoms with Gasteiger partial charge in [-0.15, -0.1) is 10.2 Å². The number of aromatic nitrogens is 4. The van der Waals surface area contributed by atoms with Crippen LogP contribution in [0.4, 0.5) is 0 Å². The molecule has 2 aliphatic rings. The molecule has 9 nitrogen and oxygen atoms in total. The van der Waals surface area contributed by atoms with Crippen molar-refractivity contribution in [2.45, 2.75) is 69.4 Å². The molecule has 5 rings (SSSR count). The maximum absolute atomic E-state index is 13.2. The molecule has 0 bridgehead atoms. The fourth-order valence-corrected chi connectivity index (χ4v) is 6.31. The average molecular weight is 446 g/mol. The first-order valence-corrected chi connectivity index (χ1v) is 12.5. The second-order valence-electron chi connectivity index (χ2n) is 8.36. The molecule has 1 aromatic carbocycles. The number of hydrogen-bond donors (Lipinski definition) is 0. The van der Waals surface area contributed by atoms with Crippen molar-refractivity contribution in [2.24, 2.45) is 0 Å². The number of nitrogens with zero attached hydrogens (tertiary/aromatic N) is 5. The quantitative estimate of drug-likeness (QED) is 0.611. The van der Waals surface area contributed by atoms with Crippen molar-refractivity contribution in [2.75, 3.05) is 13.1 Å². The van der Waals surface area contributed by atoms with E-state index in [1.807, 2.05) is 6.92 Å². The van der Waals surface area contributed by atoms with Gasteiger partial charge in [0.2, 0.25) is 10.0 Å². The van der Waals surface area contributed by atoms with Gasteiger partial charge in [0.1, 0.15) is 11.6 Å². The van der Waals surface area contributed by atoms with Crippen LogP contribution in [0.25, 0.3) is 11.1 Å². The molecular formula is C21H27N5O4S. The molecule has 0 aliphatic carbocycles. The molecule has 1 saturated heterocycles. The van der Waals surface area contributed by atoms with E-state index >= 15 is 0 Å². The van der Waals surface area contributed by atoms with E-state index in [1.54, 1.807) is 12.1 Å². The van der Waals surface area contributed by atoms with Gasteiger partial charge in [0.05, 0.1) is 10.4 Å². The van der Waals surface area contributed by atoms with E-state index in [9.17, 15) is 13.2 Å². The third-order valence-corrected chi connectivity index (χ3v) is 8.45. The van der Waals surface area contributed by atoms with Crippen LogP contribution in [-0.2, 0) is 29.5 Å². The molecule has 0 saturated carbocycles. The van der Waals surface area contributed by atoms with Crippen molar-refractivity contribution in [3.05, 3.63) is 40.4 Å². The fraction of sp³-hybridized carbons (Fsp3) is 0.571. The van der Waals surface area contributed by atoms with E-state index in [0.717, 1.165) is 50.3 Å². The molecule has 0 radical (unpaired) electrons. The minimum Gasteiger partial charge on any atom is -0.408 e. The SMILES string of the molecule is CCn1c(=O)oc2cc(S(=O)(=O)N3CCC(c4nnc5n4CCCCC5)CC3)ccc21. The van der Waals surface area contributed by atoms with Crippen LogP contribution in [0.2, 0.25) is 0 Å². The van der Waals surface area contributed by atoms with Gasteiger partial charge in [0, 0.05) is 44.6 Å². The van der Waals surface area contributed by atoms with Crippen molar-refractivity contribution in [3.8, 4) is 0 Å². The second kappa shape index (κ2) is 7.90. The number of piperidine rings is 1. The Kier molecular flexibility index (Phi) is 5.21. The van der Waals surface area contributed by atoms with Crippen LogP contribution in [0.1, 0.15) is 56.6 Å². The largest absolute Gasteiger partial charge is 0.419 e. The van der Waals surface area contributed by atoms with Crippen molar-refractivity contribution in [1.29, 1.82) is 0 Å². The Morgan fingerprint density at radius 1 is 1.10 bits per heavy atom. The summed E-state index contributed by atoms with van der Waals surface area (Å²) in [6, 6.07) is 4.67. The summed E-state index contributed by atoms with van der Waals surface area (Å²) in [4.78, 5) is 12.1. The van der Waals surface area contributed by atoms with Crippen molar-refractivity contribution in [1.82, 2.24) is 23.6 Å². The zero-order chi connectivity index (χ0) is 21.6. The molecule has 0 N–H and O–H groups in total. The Labute approximate surface area is 180 Å². The highest BCUT2D eigenvalue weighted by atomic mass is 32.2. The highest BCUT2D eigenvalue weighted by Crippen LogP contribution is 2.32. The average Bonchev–Trinajstić information content (AvgIpc) is 3.23. The second-order valence-corrected chi connectivity index (χ2v) is 10.3. The Balaban J connectivity index is 1.35. The van der Waals surface area contributed by atoms with Gasteiger partial charge in [-0.2, -0.15) is 4.31 Å². The lowest BCUT2D eigenvalue weighted by Crippen LogP contribution is -2.38. The molecule has 31 heavy (non-hydrogen) atoms. The summed E-state index contributed by atoms with van der Waals surface area (Å²) in [5.74, 6) is 1.83. The monoisotopic (exact) mass is 445 g/mol. The number of rotatable bonds is 4. The van der Waals surface area contributed by atoms with Gasteiger partial charge in [-0.3, -0.25) is 4.57 Å². The van der Waals surface area contributed by atoms with E-state index in [4.69, 9.17) is 4.42 Å². The summed E-state index contributed by atoms with van der Waals surface area (Å²) >= 11 is 0. The number of fused-ring (bicyclic) bond motifs is 2. The van der Waals surface area contributed by atoms with Gasteiger partial charge < -0.3 is 8.98 Å². The Morgan fingerprint density at radius 3 is 2.68 bits per heavy atom. The molecule has 2 aromatic heterocycles. The Hall–Kier alpha value is -2.46. The minimum absolute atomic E-state index is 0.159. The maximum Gasteiger partial charge on any atom is 0.419 e. The first-order chi connectivity index (χ1) is 15.0. The van der Waals surface area contributed by atoms with E-state index < -0.39 is 15.8 Å². The standard InChI is InChI=1S/C21H27N5O4S/c1-2-25-17-8-7-16(14-18(17)30-21(25)27)31(28,29)24-12-9-15(10-13-24)20-23-22-19-6-4-3-5-11-26(19)20/h7-8,14-15H,2-6,9-13H2,1H3. The lowest BCUT2D eigenvalue weighted by molar-refractivity contribution is 0.308. The molecule has 166 valence electrons. The minimum atomic E-state index is -3.66. The van der Waals surface area contributed by atoms with Crippen molar-refractivity contribution < 1.29 is 12.8 Å². The molecule has 10 heteroatoms. The molecule has 0 unspecified atom stereocenters. The zero-order valence-corrected chi connectivity index (χ0v) is 18.5. The summed E-state index contributed by atoms with van der Waals surface area (Å²) in [6.45, 7) is 4.15. The van der Waals surface area contributed by atoms with Crippen LogP contribution >= 0.6 is 0 Å². The Bertz CT molecular complexity index is 1260. The molecule has 4 heterocycles. The molecule has 1 fully saturated rings. The molecule has 0 spiro atoms. The maximum atomic E-state index is 13.2. The number of hydrogen-bond acceptors (Lipinski definition) is 6. The lowest BCUT2D eigenvalue weighted by atomic mass is 9.97. The number of aryl methyl sites for hydroxylation is 2. The predicted molar refractivity (Wildman–Crippen MR) is 114 cm³/mol. The molecular weight excluding hydrogens is 418 g/mol. The first kappa shape index (κ1) is 20.4. The van der Waals surface area contributed by atoms with E-state index in [2.05, 4.69) is 14.8 Å². The van der Waals surface area contributed by atoms with Gasteiger partial charge in [0.25, 0.3) is 0 Å². The van der Waals surface area contributed by atoms with E-state index in [0.29, 0.717) is 30.7 Å². The van der Waals surface area contributed by atoms with Gasteiger partial charge in [0.15, 0.2) is 5.58 Å². The molecule has 0 atom stereocenters. The lowest BCUT2D eigenvalue weighted by Gasteiger charge is -2.31. The van der Waals surface area contributed by atoms with Crippen LogP contribution in [0.3, 0.4) is 0 Å². The van der Waals surface area contributed by atoms with Crippen LogP contribution in [0, 0.1) is 0 Å². The number of oxazole rings is 1. The van der Waals surface area contributed by atoms with E-state index in [1.165, 1.54) is 21.4 Å². The van der Waals surface area contributed by atoms with Gasteiger partial charge >= 0.3 is 5.76 Å². The summed E-state index contributed by atoms with van der Waals surface area (Å²) in [6.07, 6.45) is 5.93. The van der Waals surface area contributed by atoms with Crippen LogP contribution < -0.4 is 5.76 Å². The normalized spacial score (nSPS) is 18.9. The van der Waals surface area contributed by atoms with Gasteiger partial charge in [-0.1, -0.05) is 6.42 Å². The first-order valence-electron chi connectivity index (χ1n) is 11.0. The topological polar surface area (TPSA) is 103 Å². The molecule has 0 amide bonds. The van der Waals surface area contributed by atoms with Crippen LogP contribution in [-0.4, -0.2) is 45.1 Å². The summed E-state index contributed by atoms with van der Waals surface area (Å²) in [5, 5.41) is 8.86. The summed E-state index contributed by atoms with van der Waals surface area (Å²) in [7, 11) is -3.66. The highest BCUT2D eigenvalue weighted by Gasteiger charge is 2.33. The molecule has 2 aliphatic heterocycles. The zero-order valence-electron chi connectivity index (χ0n) is 17.7. The highest BCUT2D eigenvalue weighted by molar-refractivity contribution is 7.89. The van der Waals surface area contributed by atoms with Gasteiger partial charge in [-0.05, 0) is 44.7 Å². The third-order valence-electron chi connectivity index (χ3n) is 6.55. The van der Waals surface area contributed by atoms with E-state index in [-0.39, 0.29) is 10.8 Å². The third kappa shape index (κ3) is 3.51.